The third-order valence-electron chi connectivity index (χ3n) is 3.80. The molecular weight excluding hydrogens is 313 g/mol. The average Bonchev–Trinajstić information content (AvgIpc) is 2.91. The van der Waals surface area contributed by atoms with E-state index in [1.54, 1.807) is 30.3 Å². The summed E-state index contributed by atoms with van der Waals surface area (Å²) < 4.78 is 14.6. The first-order valence-corrected chi connectivity index (χ1v) is 7.09. The predicted octanol–water partition coefficient (Wildman–Crippen LogP) is 2.70. The van der Waals surface area contributed by atoms with Crippen LogP contribution in [-0.2, 0) is 0 Å². The van der Waals surface area contributed by atoms with Gasteiger partial charge in [-0.25, -0.2) is 9.18 Å². The van der Waals surface area contributed by atoms with Crippen molar-refractivity contribution in [3.63, 3.8) is 0 Å². The molecule has 0 bridgehead atoms. The van der Waals surface area contributed by atoms with Crippen molar-refractivity contribution in [3.05, 3.63) is 70.3 Å². The molecule has 0 saturated heterocycles. The van der Waals surface area contributed by atoms with Crippen LogP contribution in [0.15, 0.2) is 53.3 Å². The fraction of sp³-hybridized carbons (Fsp3) is 0. The number of hydrogen-bond donors (Lipinski definition) is 2. The SMILES string of the molecule is O=C(O)c1c(=O)n(-c2ccccc2)nc2c1[nH]c1ccc(F)cc12. The van der Waals surface area contributed by atoms with Crippen molar-refractivity contribution in [1.29, 1.82) is 0 Å². The second kappa shape index (κ2) is 5.02. The summed E-state index contributed by atoms with van der Waals surface area (Å²) >= 11 is 0. The Hall–Kier alpha value is -3.48. The van der Waals surface area contributed by atoms with Gasteiger partial charge in [0.05, 0.1) is 11.2 Å². The van der Waals surface area contributed by atoms with Crippen molar-refractivity contribution < 1.29 is 14.3 Å². The van der Waals surface area contributed by atoms with Gasteiger partial charge in [0, 0.05) is 10.9 Å². The number of halogens is 1. The predicted molar refractivity (Wildman–Crippen MR) is 86.1 cm³/mol. The van der Waals surface area contributed by atoms with Gasteiger partial charge in [-0.05, 0) is 30.3 Å². The minimum atomic E-state index is -1.37. The molecule has 0 amide bonds. The number of aromatic amines is 1. The van der Waals surface area contributed by atoms with Gasteiger partial charge in [0.15, 0.2) is 5.56 Å². The molecule has 7 heteroatoms. The fourth-order valence-corrected chi connectivity index (χ4v) is 2.74. The maximum Gasteiger partial charge on any atom is 0.343 e. The van der Waals surface area contributed by atoms with Crippen LogP contribution in [0.3, 0.4) is 0 Å². The van der Waals surface area contributed by atoms with Crippen LogP contribution in [0.5, 0.6) is 0 Å². The monoisotopic (exact) mass is 323 g/mol. The first kappa shape index (κ1) is 14.1. The topological polar surface area (TPSA) is 88.0 Å². The average molecular weight is 323 g/mol. The smallest absolute Gasteiger partial charge is 0.343 e. The van der Waals surface area contributed by atoms with Crippen LogP contribution in [0.4, 0.5) is 4.39 Å². The van der Waals surface area contributed by atoms with Crippen molar-refractivity contribution in [3.8, 4) is 5.69 Å². The maximum absolute atomic E-state index is 13.6. The molecule has 0 aliphatic heterocycles. The Balaban J connectivity index is 2.21. The van der Waals surface area contributed by atoms with Gasteiger partial charge >= 0.3 is 5.97 Å². The third kappa shape index (κ3) is 1.98. The first-order valence-electron chi connectivity index (χ1n) is 7.09. The van der Waals surface area contributed by atoms with Crippen LogP contribution in [0.25, 0.3) is 27.6 Å². The summed E-state index contributed by atoms with van der Waals surface area (Å²) in [5, 5.41) is 14.2. The lowest BCUT2D eigenvalue weighted by atomic mass is 10.2. The van der Waals surface area contributed by atoms with Crippen molar-refractivity contribution in [1.82, 2.24) is 14.8 Å². The number of para-hydroxylation sites is 1. The molecule has 0 aliphatic carbocycles. The molecule has 0 fully saturated rings. The highest BCUT2D eigenvalue weighted by molar-refractivity contribution is 6.11. The molecule has 0 atom stereocenters. The van der Waals surface area contributed by atoms with Crippen LogP contribution in [0.2, 0.25) is 0 Å². The van der Waals surface area contributed by atoms with Crippen LogP contribution < -0.4 is 5.56 Å². The lowest BCUT2D eigenvalue weighted by Gasteiger charge is -2.06. The van der Waals surface area contributed by atoms with Crippen molar-refractivity contribution in [2.24, 2.45) is 0 Å². The maximum atomic E-state index is 13.6. The Morgan fingerprint density at radius 3 is 2.62 bits per heavy atom. The third-order valence-corrected chi connectivity index (χ3v) is 3.80. The minimum Gasteiger partial charge on any atom is -0.477 e. The Kier molecular flexibility index (Phi) is 2.96. The van der Waals surface area contributed by atoms with Crippen molar-refractivity contribution in [2.45, 2.75) is 0 Å². The van der Waals surface area contributed by atoms with Gasteiger partial charge in [-0.3, -0.25) is 4.79 Å². The van der Waals surface area contributed by atoms with Crippen LogP contribution in [-0.4, -0.2) is 25.8 Å². The quantitative estimate of drug-likeness (QED) is 0.594. The molecule has 2 aromatic carbocycles. The molecule has 0 unspecified atom stereocenters. The van der Waals surface area contributed by atoms with Gasteiger partial charge in [0.25, 0.3) is 5.56 Å². The highest BCUT2D eigenvalue weighted by Gasteiger charge is 2.22. The molecule has 0 saturated carbocycles. The Morgan fingerprint density at radius 2 is 1.92 bits per heavy atom. The molecule has 4 aromatic rings. The summed E-state index contributed by atoms with van der Waals surface area (Å²) in [5.74, 6) is -1.84. The largest absolute Gasteiger partial charge is 0.477 e. The number of aromatic nitrogens is 3. The summed E-state index contributed by atoms with van der Waals surface area (Å²) in [6.45, 7) is 0. The minimum absolute atomic E-state index is 0.0836. The lowest BCUT2D eigenvalue weighted by molar-refractivity contribution is 0.0696. The van der Waals surface area contributed by atoms with E-state index in [9.17, 15) is 19.1 Å². The second-order valence-electron chi connectivity index (χ2n) is 5.27. The lowest BCUT2D eigenvalue weighted by Crippen LogP contribution is -2.27. The standard InChI is InChI=1S/C17H10FN3O3/c18-9-6-7-12-11(8-9)14-15(19-12)13(17(23)24)16(22)21(20-14)10-4-2-1-3-5-10/h1-8,19H,(H,23,24). The van der Waals surface area contributed by atoms with Gasteiger partial charge in [0.2, 0.25) is 0 Å². The number of benzene rings is 2. The zero-order valence-electron chi connectivity index (χ0n) is 12.2. The van der Waals surface area contributed by atoms with Gasteiger partial charge in [-0.2, -0.15) is 9.78 Å². The Labute approximate surface area is 133 Å². The van der Waals surface area contributed by atoms with E-state index in [0.29, 0.717) is 16.6 Å². The molecule has 0 radical (unpaired) electrons. The van der Waals surface area contributed by atoms with Gasteiger partial charge in [0.1, 0.15) is 11.3 Å². The van der Waals surface area contributed by atoms with E-state index >= 15 is 0 Å². The molecule has 4 rings (SSSR count). The number of carbonyl (C=O) groups is 1. The molecular formula is C17H10FN3O3. The number of rotatable bonds is 2. The number of fused-ring (bicyclic) bond motifs is 3. The Bertz CT molecular complexity index is 1160. The van der Waals surface area contributed by atoms with Crippen molar-refractivity contribution in [2.75, 3.05) is 0 Å². The first-order chi connectivity index (χ1) is 11.6. The molecule has 6 nitrogen and oxygen atoms in total. The molecule has 2 N–H and O–H groups in total. The summed E-state index contributed by atoms with van der Waals surface area (Å²) in [7, 11) is 0. The number of nitrogens with zero attached hydrogens (tertiary/aromatic N) is 2. The zero-order chi connectivity index (χ0) is 16.8. The van der Waals surface area contributed by atoms with E-state index < -0.39 is 22.9 Å². The van der Waals surface area contributed by atoms with E-state index in [2.05, 4.69) is 10.1 Å². The van der Waals surface area contributed by atoms with Gasteiger partial charge < -0.3 is 10.1 Å². The van der Waals surface area contributed by atoms with Crippen LogP contribution in [0.1, 0.15) is 10.4 Å². The number of hydrogen-bond acceptors (Lipinski definition) is 3. The number of carboxylic acids is 1. The highest BCUT2D eigenvalue weighted by Crippen LogP contribution is 2.25. The molecule has 0 spiro atoms. The fourth-order valence-electron chi connectivity index (χ4n) is 2.74. The van der Waals surface area contributed by atoms with Gasteiger partial charge in [-0.15, -0.1) is 0 Å². The molecule has 24 heavy (non-hydrogen) atoms. The molecule has 2 heterocycles. The molecule has 118 valence electrons. The normalized spacial score (nSPS) is 11.2. The molecule has 0 aliphatic rings. The zero-order valence-corrected chi connectivity index (χ0v) is 12.2. The second-order valence-corrected chi connectivity index (χ2v) is 5.27. The highest BCUT2D eigenvalue weighted by atomic mass is 19.1. The number of carboxylic acid groups (broad SMARTS) is 1. The van der Waals surface area contributed by atoms with Gasteiger partial charge in [-0.1, -0.05) is 18.2 Å². The van der Waals surface area contributed by atoms with E-state index in [0.717, 1.165) is 4.68 Å². The van der Waals surface area contributed by atoms with E-state index in [1.165, 1.54) is 18.2 Å². The summed E-state index contributed by atoms with van der Waals surface area (Å²) in [6, 6.07) is 12.5. The summed E-state index contributed by atoms with van der Waals surface area (Å²) in [6.07, 6.45) is 0. The Morgan fingerprint density at radius 1 is 1.17 bits per heavy atom. The van der Waals surface area contributed by atoms with Crippen molar-refractivity contribution >= 4 is 27.9 Å². The summed E-state index contributed by atoms with van der Waals surface area (Å²) in [4.78, 5) is 27.1. The molecule has 2 aromatic heterocycles. The van der Waals surface area contributed by atoms with E-state index in [1.807, 2.05) is 0 Å². The number of nitrogens with one attached hydrogen (secondary N) is 1. The number of H-pyrrole nitrogens is 1. The van der Waals surface area contributed by atoms with E-state index in [-0.39, 0.29) is 11.0 Å². The van der Waals surface area contributed by atoms with E-state index in [4.69, 9.17) is 0 Å². The van der Waals surface area contributed by atoms with Crippen LogP contribution >= 0.6 is 0 Å². The number of aromatic carboxylic acids is 1. The van der Waals surface area contributed by atoms with Crippen LogP contribution in [0, 0.1) is 5.82 Å². The summed E-state index contributed by atoms with van der Waals surface area (Å²) in [5.41, 5.74) is 0.0589.